The van der Waals surface area contributed by atoms with E-state index in [9.17, 15) is 34.5 Å². The van der Waals surface area contributed by atoms with Crippen LogP contribution in [0.5, 0.6) is 0 Å². The van der Waals surface area contributed by atoms with Crippen molar-refractivity contribution >= 4 is 47.2 Å². The minimum Gasteiger partial charge on any atom is -0.548 e. The van der Waals surface area contributed by atoms with E-state index in [1.54, 1.807) is 0 Å². The number of nitrogens with two attached hydrogens (primary N) is 1. The molecule has 10 rings (SSSR count). The van der Waals surface area contributed by atoms with E-state index >= 15 is 0 Å². The van der Waals surface area contributed by atoms with Crippen molar-refractivity contribution in [2.45, 2.75) is 113 Å². The van der Waals surface area contributed by atoms with Crippen LogP contribution in [0.4, 0.5) is 11.4 Å². The maximum Gasteiger partial charge on any atom is 1.00 e. The number of nitrogen functional groups attached to an aromatic ring is 1. The molecular weight excluding hydrogens is 999 g/mol. The fraction of sp³-hybridized carbons (Fsp3) is 0.346. The van der Waals surface area contributed by atoms with E-state index in [1.165, 1.54) is 44.8 Å². The summed E-state index contributed by atoms with van der Waals surface area (Å²) in [6.07, 6.45) is 9.99. The molecule has 17 heteroatoms. The predicted molar refractivity (Wildman–Crippen MR) is 268 cm³/mol. The fourth-order valence-electron chi connectivity index (χ4n) is 9.67. The number of carbonyl (C=O) groups is 2. The van der Waals surface area contributed by atoms with Crippen molar-refractivity contribution in [1.82, 2.24) is 29.7 Å². The first-order chi connectivity index (χ1) is 32.5. The van der Waals surface area contributed by atoms with Crippen LogP contribution in [-0.4, -0.2) is 65.4 Å². The molecule has 0 aliphatic carbocycles. The Kier molecular flexibility index (Phi) is 19.5. The molecule has 6 aromatic rings. The molecule has 0 saturated carbocycles. The fourth-order valence-corrected chi connectivity index (χ4v) is 9.67. The Labute approximate surface area is 440 Å². The average molecular weight is 1060 g/mol. The number of aliphatic carboxylic acids is 1. The van der Waals surface area contributed by atoms with Gasteiger partial charge in [0, 0.05) is 72.9 Å². The van der Waals surface area contributed by atoms with E-state index in [0.717, 1.165) is 55.3 Å². The number of aromatic nitrogens is 4. The predicted octanol–water partition coefficient (Wildman–Crippen LogP) is 1.53. The van der Waals surface area contributed by atoms with Gasteiger partial charge in [-0.1, -0.05) is 84.9 Å². The molecule has 0 radical (unpaired) electrons. The Morgan fingerprint density at radius 2 is 1.07 bits per heavy atom. The van der Waals surface area contributed by atoms with E-state index in [0.29, 0.717) is 55.1 Å². The van der Waals surface area contributed by atoms with Gasteiger partial charge in [-0.05, 0) is 97.9 Å². The molecule has 2 fully saturated rings. The van der Waals surface area contributed by atoms with Crippen LogP contribution in [0.1, 0.15) is 96.7 Å². The molecule has 1 amide bonds. The first-order valence-electron chi connectivity index (χ1n) is 23.1. The summed E-state index contributed by atoms with van der Waals surface area (Å²) >= 11 is 0. The van der Waals surface area contributed by atoms with Gasteiger partial charge >= 0.3 is 29.6 Å². The maximum absolute atomic E-state index is 12.8. The smallest absolute Gasteiger partial charge is 0.548 e. The number of rotatable bonds is 11. The number of nitrogens with one attached hydrogen (secondary N) is 3. The minimum absolute atomic E-state index is 0. The molecule has 2 saturated heterocycles. The number of carboxylic acids is 1. The second-order valence-corrected chi connectivity index (χ2v) is 17.7. The molecule has 7 N–H and O–H groups in total. The summed E-state index contributed by atoms with van der Waals surface area (Å²) in [5, 5.41) is 41.8. The first kappa shape index (κ1) is 53.3. The number of aliphatic hydroxyl groups excluding tert-OH is 2. The van der Waals surface area contributed by atoms with Crippen LogP contribution in [0, 0.1) is 0 Å². The number of aryl methyl sites for hydroxylation is 2. The van der Waals surface area contributed by atoms with E-state index in [-0.39, 0.29) is 82.6 Å². The van der Waals surface area contributed by atoms with Crippen LogP contribution < -0.4 is 67.5 Å². The summed E-state index contributed by atoms with van der Waals surface area (Å²) in [6, 6.07) is 37.8. The monoisotopic (exact) mass is 1060 g/mol. The summed E-state index contributed by atoms with van der Waals surface area (Å²) in [4.78, 5) is 54.9. The third kappa shape index (κ3) is 13.6. The number of hydrogen-bond donors (Lipinski definition) is 6. The number of anilines is 2. The van der Waals surface area contributed by atoms with Crippen molar-refractivity contribution in [1.29, 1.82) is 0 Å². The van der Waals surface area contributed by atoms with E-state index in [1.807, 2.05) is 97.1 Å². The molecular formula is C52H58IN8NaO7. The summed E-state index contributed by atoms with van der Waals surface area (Å²) in [5.74, 6) is -0.208. The van der Waals surface area contributed by atoms with Crippen LogP contribution in [0.2, 0.25) is 0 Å². The number of nitrogens with zero attached hydrogens (tertiary/aromatic N) is 4. The topological polar surface area (TPSA) is 230 Å². The van der Waals surface area contributed by atoms with Crippen molar-refractivity contribution in [3.63, 3.8) is 0 Å². The zero-order valence-corrected chi connectivity index (χ0v) is 42.9. The zero-order valence-electron chi connectivity index (χ0n) is 38.6. The molecule has 356 valence electrons. The number of halogens is 1. The maximum atomic E-state index is 12.8. The van der Waals surface area contributed by atoms with E-state index < -0.39 is 30.3 Å². The molecule has 6 heterocycles. The third-order valence-corrected chi connectivity index (χ3v) is 13.2. The Morgan fingerprint density at radius 3 is 1.54 bits per heavy atom. The van der Waals surface area contributed by atoms with E-state index in [4.69, 9.17) is 5.73 Å². The molecule has 0 unspecified atom stereocenters. The van der Waals surface area contributed by atoms with E-state index in [2.05, 4.69) is 38.1 Å². The molecule has 4 aromatic carbocycles. The van der Waals surface area contributed by atoms with Gasteiger partial charge in [0.2, 0.25) is 5.91 Å². The van der Waals surface area contributed by atoms with Crippen LogP contribution in [0.25, 0.3) is 0 Å². The molecule has 15 nitrogen and oxygen atoms in total. The van der Waals surface area contributed by atoms with Crippen molar-refractivity contribution in [2.24, 2.45) is 0 Å². The second-order valence-electron chi connectivity index (χ2n) is 17.7. The van der Waals surface area contributed by atoms with Crippen molar-refractivity contribution < 1.29 is 54.5 Å². The minimum atomic E-state index is -1.21. The SMILES string of the molecule is I.Nc1ccc(C[C@@H]2CC[C@H]([C@H](O)c3ccccc3)N2)cc1.O=C(Nc1ccc(C[C@@H]2CC[C@H]([C@H](O)c3ccccc3)N2)cc1)[C@@H]1CCc2nccc(=O)n21.O=C([O-])[C@@H]1CCc2nccc(=O)n21.[Na+]. The van der Waals surface area contributed by atoms with Crippen LogP contribution in [-0.2, 0) is 35.3 Å². The van der Waals surface area contributed by atoms with Crippen molar-refractivity contribution in [3.8, 4) is 0 Å². The number of carbonyl (C=O) groups excluding carboxylic acids is 2. The van der Waals surface area contributed by atoms with Gasteiger partial charge in [-0.2, -0.15) is 0 Å². The summed E-state index contributed by atoms with van der Waals surface area (Å²) in [7, 11) is 0. The Bertz CT molecular complexity index is 2730. The number of aliphatic hydroxyl groups is 2. The summed E-state index contributed by atoms with van der Waals surface area (Å²) in [6.45, 7) is 0. The molecule has 2 aromatic heterocycles. The first-order valence-corrected chi connectivity index (χ1v) is 23.1. The standard InChI is InChI=1S/C26H28N4O3.C18H22N2O.C8H8N2O3.HI.Na/c31-24-14-15-27-23-13-12-22(30(23)24)26(33)29-19-8-6-17(7-9-19)16-20-10-11-21(28-20)25(32)18-4-2-1-3-5-18;19-15-8-6-13(7-9-15)12-16-10-11-17(20-16)18(21)14-4-2-1-3-5-14;11-7-3-4-9-6-2-1-5(8(12)13)10(6)7;;/h1-9,14-15,20-22,25,28,32H,10-13,16H2,(H,29,33);1-9,16-18,20-21H,10-12,19H2;3-5H,1-2H2,(H,12,13);1H;/q;;;;+1/p-1/t20-,21+,22-,25+;16-,17+,18+;5-;;/m000../s1. The quantitative estimate of drug-likeness (QED) is 0.0617. The molecule has 4 aliphatic rings. The third-order valence-electron chi connectivity index (χ3n) is 13.2. The largest absolute Gasteiger partial charge is 1.00 e. The molecule has 0 bridgehead atoms. The molecule has 4 aliphatic heterocycles. The summed E-state index contributed by atoms with van der Waals surface area (Å²) < 4.78 is 2.69. The van der Waals surface area contributed by atoms with Crippen LogP contribution in [0.3, 0.4) is 0 Å². The number of carboxylic acid groups (broad SMARTS) is 1. The van der Waals surface area contributed by atoms with Gasteiger partial charge in [-0.15, -0.1) is 24.0 Å². The molecule has 8 atom stereocenters. The number of hydrogen-bond acceptors (Lipinski definition) is 12. The van der Waals surface area contributed by atoms with Crippen LogP contribution in [0.15, 0.2) is 143 Å². The van der Waals surface area contributed by atoms with Crippen molar-refractivity contribution in [3.05, 3.63) is 188 Å². The summed E-state index contributed by atoms with van der Waals surface area (Å²) in [5.41, 5.74) is 11.1. The van der Waals surface area contributed by atoms with Gasteiger partial charge in [0.05, 0.1) is 24.2 Å². The number of benzene rings is 4. The number of amides is 1. The number of fused-ring (bicyclic) bond motifs is 2. The van der Waals surface area contributed by atoms with Crippen molar-refractivity contribution in [2.75, 3.05) is 11.1 Å². The zero-order chi connectivity index (χ0) is 46.9. The molecule has 0 spiro atoms. The Hall–Kier alpha value is -5.05. The Balaban J connectivity index is 0.000000186. The van der Waals surface area contributed by atoms with Gasteiger partial charge in [0.15, 0.2) is 0 Å². The normalized spacial score (nSPS) is 21.6. The van der Waals surface area contributed by atoms with Gasteiger partial charge < -0.3 is 41.8 Å². The average Bonchev–Trinajstić information content (AvgIpc) is 4.19. The van der Waals surface area contributed by atoms with Gasteiger partial charge in [0.1, 0.15) is 17.7 Å². The second kappa shape index (κ2) is 25.2. The van der Waals surface area contributed by atoms with Gasteiger partial charge in [-0.25, -0.2) is 9.97 Å². The Morgan fingerprint density at radius 1 is 0.638 bits per heavy atom. The van der Waals surface area contributed by atoms with Gasteiger partial charge in [-0.3, -0.25) is 23.5 Å². The molecule has 69 heavy (non-hydrogen) atoms. The van der Waals surface area contributed by atoms with Crippen LogP contribution >= 0.6 is 24.0 Å². The van der Waals surface area contributed by atoms with Gasteiger partial charge in [0.25, 0.3) is 11.1 Å².